The van der Waals surface area contributed by atoms with E-state index in [-0.39, 0.29) is 0 Å². The lowest BCUT2D eigenvalue weighted by atomic mass is 9.89. The molecule has 1 N–H and O–H groups in total. The van der Waals surface area contributed by atoms with Gasteiger partial charge in [-0.2, -0.15) is 0 Å². The van der Waals surface area contributed by atoms with Crippen molar-refractivity contribution in [3.63, 3.8) is 0 Å². The Morgan fingerprint density at radius 1 is 1.20 bits per heavy atom. The Morgan fingerprint density at radius 3 is 2.95 bits per heavy atom. The first-order valence-corrected chi connectivity index (χ1v) is 6.44. The summed E-state index contributed by atoms with van der Waals surface area (Å²) in [6.07, 6.45) is 10.5. The van der Waals surface area contributed by atoms with Crippen LogP contribution in [0.4, 0.5) is 10.5 Å². The van der Waals surface area contributed by atoms with E-state index in [1.165, 1.54) is 10.5 Å². The third-order valence-electron chi connectivity index (χ3n) is 3.75. The number of anilines is 1. The summed E-state index contributed by atoms with van der Waals surface area (Å²) in [5.41, 5.74) is 5.41. The van der Waals surface area contributed by atoms with E-state index in [9.17, 15) is 4.79 Å². The molecule has 0 saturated heterocycles. The summed E-state index contributed by atoms with van der Waals surface area (Å²) in [4.78, 5) is 14.5. The Hall–Kier alpha value is -2.75. The average molecular weight is 264 g/mol. The van der Waals surface area contributed by atoms with Crippen molar-refractivity contribution in [3.8, 4) is 0 Å². The number of fused-ring (bicyclic) bond motifs is 2. The van der Waals surface area contributed by atoms with E-state index in [1.807, 2.05) is 18.2 Å². The van der Waals surface area contributed by atoms with Crippen molar-refractivity contribution in [2.24, 2.45) is 0 Å². The Labute approximate surface area is 116 Å². The molecule has 1 amide bonds. The minimum atomic E-state index is -0.972. The van der Waals surface area contributed by atoms with Crippen LogP contribution in [0.2, 0.25) is 0 Å². The van der Waals surface area contributed by atoms with E-state index in [0.29, 0.717) is 0 Å². The van der Waals surface area contributed by atoms with E-state index in [4.69, 9.17) is 5.11 Å². The largest absolute Gasteiger partial charge is 0.464 e. The van der Waals surface area contributed by atoms with Gasteiger partial charge in [0.2, 0.25) is 0 Å². The fourth-order valence-electron chi connectivity index (χ4n) is 2.87. The summed E-state index contributed by atoms with van der Waals surface area (Å²) in [5.74, 6) is 0. The molecule has 0 aromatic heterocycles. The summed E-state index contributed by atoms with van der Waals surface area (Å²) in [7, 11) is 0. The second-order valence-corrected chi connectivity index (χ2v) is 4.93. The SMILES string of the molecule is O=C(O)N1C=CC2=CN3CC=Cc4cccc(c43)C2=C1. The molecule has 3 heterocycles. The van der Waals surface area contributed by atoms with Crippen LogP contribution in [0.1, 0.15) is 11.1 Å². The summed E-state index contributed by atoms with van der Waals surface area (Å²) < 4.78 is 0. The normalized spacial score (nSPS) is 18.2. The first-order valence-electron chi connectivity index (χ1n) is 6.44. The van der Waals surface area contributed by atoms with Crippen LogP contribution < -0.4 is 4.90 Å². The van der Waals surface area contributed by atoms with Gasteiger partial charge >= 0.3 is 6.09 Å². The van der Waals surface area contributed by atoms with Crippen molar-refractivity contribution in [1.29, 1.82) is 0 Å². The summed E-state index contributed by atoms with van der Waals surface area (Å²) in [6.45, 7) is 0.845. The number of rotatable bonds is 0. The van der Waals surface area contributed by atoms with Crippen LogP contribution in [0.25, 0.3) is 11.6 Å². The van der Waals surface area contributed by atoms with Crippen LogP contribution in [0.15, 0.2) is 54.5 Å². The molecule has 3 aliphatic heterocycles. The third-order valence-corrected chi connectivity index (χ3v) is 3.75. The molecule has 0 radical (unpaired) electrons. The lowest BCUT2D eigenvalue weighted by molar-refractivity contribution is 0.175. The minimum absolute atomic E-state index is 0.845. The molecule has 0 saturated carbocycles. The number of para-hydroxylation sites is 1. The van der Waals surface area contributed by atoms with Crippen molar-refractivity contribution >= 4 is 23.4 Å². The highest BCUT2D eigenvalue weighted by Crippen LogP contribution is 2.42. The van der Waals surface area contributed by atoms with E-state index in [0.717, 1.165) is 28.9 Å². The maximum absolute atomic E-state index is 11.1. The van der Waals surface area contributed by atoms with Gasteiger partial charge in [0.05, 0.1) is 5.69 Å². The highest BCUT2D eigenvalue weighted by Gasteiger charge is 2.26. The Morgan fingerprint density at radius 2 is 2.10 bits per heavy atom. The number of hydrogen-bond acceptors (Lipinski definition) is 2. The second kappa shape index (κ2) is 3.87. The predicted octanol–water partition coefficient (Wildman–Crippen LogP) is 3.27. The van der Waals surface area contributed by atoms with Crippen molar-refractivity contribution in [2.75, 3.05) is 11.4 Å². The van der Waals surface area contributed by atoms with Crippen LogP contribution in [0.3, 0.4) is 0 Å². The Balaban J connectivity index is 1.94. The fourth-order valence-corrected chi connectivity index (χ4v) is 2.87. The molecule has 0 aliphatic carbocycles. The highest BCUT2D eigenvalue weighted by atomic mass is 16.4. The molecule has 3 aliphatic rings. The molecule has 0 bridgehead atoms. The van der Waals surface area contributed by atoms with Crippen molar-refractivity contribution in [1.82, 2.24) is 4.90 Å². The molecule has 0 spiro atoms. The third kappa shape index (κ3) is 1.45. The summed E-state index contributed by atoms with van der Waals surface area (Å²) in [5, 5.41) is 9.13. The fraction of sp³-hybridized carbons (Fsp3) is 0.0625. The molecule has 4 nitrogen and oxygen atoms in total. The number of nitrogens with zero attached hydrogens (tertiary/aromatic N) is 2. The molecule has 20 heavy (non-hydrogen) atoms. The van der Waals surface area contributed by atoms with Gasteiger partial charge in [-0.1, -0.05) is 30.4 Å². The van der Waals surface area contributed by atoms with Crippen LogP contribution >= 0.6 is 0 Å². The molecular weight excluding hydrogens is 252 g/mol. The van der Waals surface area contributed by atoms with Gasteiger partial charge in [-0.15, -0.1) is 0 Å². The quantitative estimate of drug-likeness (QED) is 0.782. The van der Waals surface area contributed by atoms with Gasteiger partial charge in [0.15, 0.2) is 0 Å². The van der Waals surface area contributed by atoms with Crippen LogP contribution in [-0.4, -0.2) is 22.6 Å². The molecule has 1 aromatic carbocycles. The van der Waals surface area contributed by atoms with Gasteiger partial charge in [-0.05, 0) is 11.6 Å². The minimum Gasteiger partial charge on any atom is -0.464 e. The van der Waals surface area contributed by atoms with Gasteiger partial charge in [0.1, 0.15) is 0 Å². The Bertz CT molecular complexity index is 741. The molecule has 4 heteroatoms. The molecular formula is C16H12N2O2. The van der Waals surface area contributed by atoms with Crippen LogP contribution in [-0.2, 0) is 0 Å². The van der Waals surface area contributed by atoms with Crippen LogP contribution in [0.5, 0.6) is 0 Å². The van der Waals surface area contributed by atoms with Gasteiger partial charge in [-0.25, -0.2) is 4.79 Å². The van der Waals surface area contributed by atoms with E-state index in [2.05, 4.69) is 29.3 Å². The standard InChI is InChI=1S/C16H12N2O2/c19-16(20)18-8-6-12-9-17-7-2-4-11-3-1-5-13(15(11)17)14(12)10-18/h1-6,8-10H,7H2,(H,19,20). The van der Waals surface area contributed by atoms with Gasteiger partial charge in [0, 0.05) is 41.9 Å². The Kier molecular flexibility index (Phi) is 2.15. The van der Waals surface area contributed by atoms with Gasteiger partial charge < -0.3 is 10.0 Å². The van der Waals surface area contributed by atoms with Gasteiger partial charge in [-0.3, -0.25) is 4.90 Å². The maximum Gasteiger partial charge on any atom is 0.415 e. The van der Waals surface area contributed by atoms with E-state index < -0.39 is 6.09 Å². The molecule has 0 fully saturated rings. The number of amides is 1. The van der Waals surface area contributed by atoms with Crippen molar-refractivity contribution in [3.05, 3.63) is 65.7 Å². The lowest BCUT2D eigenvalue weighted by Gasteiger charge is -2.34. The topological polar surface area (TPSA) is 43.8 Å². The zero-order chi connectivity index (χ0) is 13.7. The number of hydrogen-bond donors (Lipinski definition) is 1. The van der Waals surface area contributed by atoms with Crippen molar-refractivity contribution in [2.45, 2.75) is 0 Å². The number of carbonyl (C=O) groups is 1. The predicted molar refractivity (Wildman–Crippen MR) is 77.9 cm³/mol. The number of carboxylic acid groups (broad SMARTS) is 1. The van der Waals surface area contributed by atoms with Crippen LogP contribution in [0, 0.1) is 0 Å². The van der Waals surface area contributed by atoms with E-state index >= 15 is 0 Å². The summed E-state index contributed by atoms with van der Waals surface area (Å²) >= 11 is 0. The molecule has 0 atom stereocenters. The molecule has 98 valence electrons. The zero-order valence-electron chi connectivity index (χ0n) is 10.7. The maximum atomic E-state index is 11.1. The molecule has 0 unspecified atom stereocenters. The highest BCUT2D eigenvalue weighted by molar-refractivity contribution is 5.96. The molecule has 1 aromatic rings. The average Bonchev–Trinajstić information content (AvgIpc) is 2.47. The number of allylic oxidation sites excluding steroid dienone is 3. The first-order chi connectivity index (χ1) is 9.74. The zero-order valence-corrected chi connectivity index (χ0v) is 10.7. The smallest absolute Gasteiger partial charge is 0.415 e. The monoisotopic (exact) mass is 264 g/mol. The first kappa shape index (κ1) is 11.1. The number of benzene rings is 1. The van der Waals surface area contributed by atoms with E-state index in [1.54, 1.807) is 12.4 Å². The summed E-state index contributed by atoms with van der Waals surface area (Å²) in [6, 6.07) is 6.13. The second-order valence-electron chi connectivity index (χ2n) is 4.93. The van der Waals surface area contributed by atoms with Crippen molar-refractivity contribution < 1.29 is 9.90 Å². The molecule has 4 rings (SSSR count). The lowest BCUT2D eigenvalue weighted by Crippen LogP contribution is -2.27. The van der Waals surface area contributed by atoms with Gasteiger partial charge in [0.25, 0.3) is 0 Å².